The van der Waals surface area contributed by atoms with Gasteiger partial charge in [-0.1, -0.05) is 0 Å². The minimum atomic E-state index is -0.664. The highest BCUT2D eigenvalue weighted by atomic mass is 79.9. The molecule has 0 radical (unpaired) electrons. The smallest absolute Gasteiger partial charge is 0.150 e. The van der Waals surface area contributed by atoms with Crippen LogP contribution in [0.15, 0.2) is 28.9 Å². The SMILES string of the molecule is Cn1cc(CNc2c(F)cc(F)cc2Br)cc1C#N. The molecule has 1 N–H and O–H groups in total. The van der Waals surface area contributed by atoms with Gasteiger partial charge in [-0.25, -0.2) is 8.78 Å². The van der Waals surface area contributed by atoms with Gasteiger partial charge in [0.25, 0.3) is 0 Å². The van der Waals surface area contributed by atoms with Crippen LogP contribution in [0.1, 0.15) is 11.3 Å². The first-order valence-electron chi connectivity index (χ1n) is 5.45. The van der Waals surface area contributed by atoms with E-state index in [4.69, 9.17) is 5.26 Å². The number of halogens is 3. The van der Waals surface area contributed by atoms with E-state index in [0.29, 0.717) is 16.7 Å². The first-order chi connectivity index (χ1) is 9.01. The Bertz CT molecular complexity index is 635. The van der Waals surface area contributed by atoms with Crippen molar-refractivity contribution >= 4 is 21.6 Å². The molecular weight excluding hydrogens is 316 g/mol. The van der Waals surface area contributed by atoms with Crippen LogP contribution in [-0.4, -0.2) is 4.57 Å². The number of aryl methyl sites for hydroxylation is 1. The van der Waals surface area contributed by atoms with Crippen LogP contribution in [0.4, 0.5) is 14.5 Å². The zero-order chi connectivity index (χ0) is 14.0. The van der Waals surface area contributed by atoms with Crippen molar-refractivity contribution in [3.63, 3.8) is 0 Å². The van der Waals surface area contributed by atoms with Crippen molar-refractivity contribution in [3.8, 4) is 6.07 Å². The van der Waals surface area contributed by atoms with Gasteiger partial charge in [0.05, 0.1) is 5.69 Å². The van der Waals surface area contributed by atoms with Crippen molar-refractivity contribution < 1.29 is 8.78 Å². The van der Waals surface area contributed by atoms with Crippen LogP contribution in [0.3, 0.4) is 0 Å². The number of nitrogens with zero attached hydrogens (tertiary/aromatic N) is 2. The molecule has 0 aliphatic heterocycles. The second-order valence-corrected chi connectivity index (χ2v) is 4.91. The summed E-state index contributed by atoms with van der Waals surface area (Å²) >= 11 is 3.10. The van der Waals surface area contributed by atoms with Crippen LogP contribution in [0.25, 0.3) is 0 Å². The molecule has 0 bridgehead atoms. The van der Waals surface area contributed by atoms with E-state index < -0.39 is 11.6 Å². The predicted octanol–water partition coefficient (Wildman–Crippen LogP) is 3.55. The molecule has 0 saturated carbocycles. The number of nitrogens with one attached hydrogen (secondary N) is 1. The normalized spacial score (nSPS) is 10.3. The summed E-state index contributed by atoms with van der Waals surface area (Å²) in [4.78, 5) is 0. The van der Waals surface area contributed by atoms with Crippen molar-refractivity contribution in [2.24, 2.45) is 7.05 Å². The molecule has 19 heavy (non-hydrogen) atoms. The van der Waals surface area contributed by atoms with Crippen molar-refractivity contribution in [2.45, 2.75) is 6.54 Å². The quantitative estimate of drug-likeness (QED) is 0.937. The first kappa shape index (κ1) is 13.6. The van der Waals surface area contributed by atoms with Gasteiger partial charge >= 0.3 is 0 Å². The van der Waals surface area contributed by atoms with Crippen molar-refractivity contribution in [2.75, 3.05) is 5.32 Å². The molecule has 0 saturated heterocycles. The van der Waals surface area contributed by atoms with Crippen molar-refractivity contribution in [1.29, 1.82) is 5.26 Å². The molecule has 0 atom stereocenters. The highest BCUT2D eigenvalue weighted by Crippen LogP contribution is 2.27. The molecule has 0 spiro atoms. The fraction of sp³-hybridized carbons (Fsp3) is 0.154. The van der Waals surface area contributed by atoms with Gasteiger partial charge in [0.15, 0.2) is 0 Å². The largest absolute Gasteiger partial charge is 0.378 e. The van der Waals surface area contributed by atoms with Crippen LogP contribution in [-0.2, 0) is 13.6 Å². The van der Waals surface area contributed by atoms with E-state index in [2.05, 4.69) is 21.2 Å². The van der Waals surface area contributed by atoms with Gasteiger partial charge in [0.1, 0.15) is 23.4 Å². The molecule has 2 aromatic rings. The van der Waals surface area contributed by atoms with E-state index in [0.717, 1.165) is 11.6 Å². The van der Waals surface area contributed by atoms with E-state index in [1.807, 2.05) is 6.07 Å². The van der Waals surface area contributed by atoms with Crippen LogP contribution < -0.4 is 5.32 Å². The number of nitriles is 1. The van der Waals surface area contributed by atoms with Gasteiger partial charge in [-0.15, -0.1) is 0 Å². The average molecular weight is 326 g/mol. The molecule has 1 aromatic carbocycles. The molecule has 3 nitrogen and oxygen atoms in total. The fourth-order valence-electron chi connectivity index (χ4n) is 1.74. The minimum Gasteiger partial charge on any atom is -0.378 e. The highest BCUT2D eigenvalue weighted by Gasteiger charge is 2.10. The Hall–Kier alpha value is -1.87. The fourth-order valence-corrected chi connectivity index (χ4v) is 2.29. The van der Waals surface area contributed by atoms with E-state index in [1.54, 1.807) is 23.9 Å². The van der Waals surface area contributed by atoms with Crippen molar-refractivity contribution in [3.05, 3.63) is 51.8 Å². The van der Waals surface area contributed by atoms with Gasteiger partial charge in [-0.2, -0.15) is 5.26 Å². The van der Waals surface area contributed by atoms with Crippen LogP contribution in [0, 0.1) is 23.0 Å². The lowest BCUT2D eigenvalue weighted by atomic mass is 10.2. The lowest BCUT2D eigenvalue weighted by Crippen LogP contribution is -2.02. The first-order valence-corrected chi connectivity index (χ1v) is 6.24. The van der Waals surface area contributed by atoms with E-state index >= 15 is 0 Å². The summed E-state index contributed by atoms with van der Waals surface area (Å²) < 4.78 is 28.5. The number of hydrogen-bond acceptors (Lipinski definition) is 2. The van der Waals surface area contributed by atoms with E-state index in [9.17, 15) is 8.78 Å². The molecule has 0 aliphatic rings. The zero-order valence-corrected chi connectivity index (χ0v) is 11.6. The monoisotopic (exact) mass is 325 g/mol. The summed E-state index contributed by atoms with van der Waals surface area (Å²) in [6.07, 6.45) is 1.78. The lowest BCUT2D eigenvalue weighted by molar-refractivity contribution is 0.583. The molecule has 1 heterocycles. The van der Waals surface area contributed by atoms with Crippen LogP contribution in [0.5, 0.6) is 0 Å². The minimum absolute atomic E-state index is 0.198. The Kier molecular flexibility index (Phi) is 3.86. The number of anilines is 1. The number of hydrogen-bond donors (Lipinski definition) is 1. The van der Waals surface area contributed by atoms with Crippen molar-refractivity contribution in [1.82, 2.24) is 4.57 Å². The van der Waals surface area contributed by atoms with Gasteiger partial charge < -0.3 is 9.88 Å². The summed E-state index contributed by atoms with van der Waals surface area (Å²) in [5.74, 6) is -1.30. The summed E-state index contributed by atoms with van der Waals surface area (Å²) in [7, 11) is 1.76. The van der Waals surface area contributed by atoms with Gasteiger partial charge in [0, 0.05) is 30.3 Å². The van der Waals surface area contributed by atoms with Gasteiger partial charge in [0.2, 0.25) is 0 Å². The third-order valence-electron chi connectivity index (χ3n) is 2.65. The standard InChI is InChI=1S/C13H10BrF2N3/c1-19-7-8(2-10(19)5-17)6-18-13-11(14)3-9(15)4-12(13)16/h2-4,7,18H,6H2,1H3. The van der Waals surface area contributed by atoms with E-state index in [-0.39, 0.29) is 5.69 Å². The Morgan fingerprint density at radius 3 is 2.68 bits per heavy atom. The summed E-state index contributed by atoms with van der Waals surface area (Å²) in [6, 6.07) is 5.77. The van der Waals surface area contributed by atoms with E-state index in [1.165, 1.54) is 6.07 Å². The molecule has 6 heteroatoms. The maximum absolute atomic E-state index is 13.6. The molecule has 0 amide bonds. The highest BCUT2D eigenvalue weighted by molar-refractivity contribution is 9.10. The maximum Gasteiger partial charge on any atom is 0.150 e. The van der Waals surface area contributed by atoms with Crippen LogP contribution in [0.2, 0.25) is 0 Å². The molecular formula is C13H10BrF2N3. The van der Waals surface area contributed by atoms with Crippen LogP contribution >= 0.6 is 15.9 Å². The molecule has 98 valence electrons. The summed E-state index contributed by atoms with van der Waals surface area (Å²) in [6.45, 7) is 0.344. The molecule has 0 unspecified atom stereocenters. The predicted molar refractivity (Wildman–Crippen MR) is 71.5 cm³/mol. The number of rotatable bonds is 3. The van der Waals surface area contributed by atoms with Gasteiger partial charge in [-0.05, 0) is 33.6 Å². The molecule has 0 aliphatic carbocycles. The second-order valence-electron chi connectivity index (χ2n) is 4.05. The molecule has 0 fully saturated rings. The zero-order valence-electron chi connectivity index (χ0n) is 10.0. The number of aromatic nitrogens is 1. The Morgan fingerprint density at radius 1 is 1.37 bits per heavy atom. The topological polar surface area (TPSA) is 40.8 Å². The number of benzene rings is 1. The second kappa shape index (κ2) is 5.41. The average Bonchev–Trinajstić information content (AvgIpc) is 2.68. The third-order valence-corrected chi connectivity index (χ3v) is 3.28. The molecule has 1 aromatic heterocycles. The Morgan fingerprint density at radius 2 is 2.11 bits per heavy atom. The maximum atomic E-state index is 13.6. The summed E-state index contributed by atoms with van der Waals surface area (Å²) in [5, 5.41) is 11.7. The lowest BCUT2D eigenvalue weighted by Gasteiger charge is -2.09. The van der Waals surface area contributed by atoms with Gasteiger partial charge in [-0.3, -0.25) is 0 Å². The molecule has 2 rings (SSSR count). The Balaban J connectivity index is 2.17. The Labute approximate surface area is 117 Å². The third kappa shape index (κ3) is 2.93. The summed E-state index contributed by atoms with van der Waals surface area (Å²) in [5.41, 5.74) is 1.56.